The third-order valence-corrected chi connectivity index (χ3v) is 5.31. The average molecular weight is 399 g/mol. The molecule has 1 amide bonds. The Kier molecular flexibility index (Phi) is 4.26. The molecular formula is C24H17ClN3O+. The molecule has 5 rings (SSSR count). The Morgan fingerprint density at radius 2 is 1.62 bits per heavy atom. The van der Waals surface area contributed by atoms with Crippen molar-refractivity contribution in [2.45, 2.75) is 0 Å². The van der Waals surface area contributed by atoms with Crippen LogP contribution in [0.1, 0.15) is 10.4 Å². The van der Waals surface area contributed by atoms with E-state index in [1.165, 1.54) is 5.39 Å². The fraction of sp³-hybridized carbons (Fsp3) is 0. The Bertz CT molecular complexity index is 1370. The van der Waals surface area contributed by atoms with Gasteiger partial charge in [-0.3, -0.25) is 9.78 Å². The van der Waals surface area contributed by atoms with Crippen molar-refractivity contribution in [3.8, 4) is 11.3 Å². The standard InChI is InChI=1S/C24H16ClN3O/c25-20-10-4-3-9-19(20)24(29)27-23-22(26-21-11-5-6-14-28(21)23)18-13-12-16-7-1-2-8-17(16)15-18/h1-15H,(H,27,29)/p+1. The largest absolute Gasteiger partial charge is 0.313 e. The number of rotatable bonds is 3. The summed E-state index contributed by atoms with van der Waals surface area (Å²) in [7, 11) is 0. The van der Waals surface area contributed by atoms with Gasteiger partial charge in [-0.25, -0.2) is 9.72 Å². The minimum Gasteiger partial charge on any atom is -0.267 e. The first-order valence-electron chi connectivity index (χ1n) is 9.28. The zero-order valence-electron chi connectivity index (χ0n) is 15.4. The maximum absolute atomic E-state index is 12.9. The molecule has 140 valence electrons. The lowest BCUT2D eigenvalue weighted by Gasteiger charge is -2.05. The lowest BCUT2D eigenvalue weighted by molar-refractivity contribution is -0.493. The number of carbonyl (C=O) groups excluding carboxylic acids is 1. The lowest BCUT2D eigenvalue weighted by atomic mass is 10.0. The van der Waals surface area contributed by atoms with Gasteiger partial charge in [-0.2, -0.15) is 0 Å². The van der Waals surface area contributed by atoms with E-state index < -0.39 is 0 Å². The number of hydrogen-bond acceptors (Lipinski definition) is 1. The highest BCUT2D eigenvalue weighted by atomic mass is 35.5. The van der Waals surface area contributed by atoms with Gasteiger partial charge in [0.1, 0.15) is 0 Å². The Labute approximate surface area is 172 Å². The predicted octanol–water partition coefficient (Wildman–Crippen LogP) is 5.48. The summed E-state index contributed by atoms with van der Waals surface area (Å²) in [4.78, 5) is 16.4. The first-order valence-corrected chi connectivity index (χ1v) is 9.66. The maximum atomic E-state index is 12.9. The number of anilines is 1. The summed E-state index contributed by atoms with van der Waals surface area (Å²) in [5, 5.41) is 5.77. The third kappa shape index (κ3) is 3.13. The normalized spacial score (nSPS) is 11.1. The first kappa shape index (κ1) is 17.5. The van der Waals surface area contributed by atoms with Crippen LogP contribution in [0.5, 0.6) is 0 Å². The zero-order valence-corrected chi connectivity index (χ0v) is 16.1. The number of nitrogens with one attached hydrogen (secondary N) is 2. The SMILES string of the molecule is O=C(Nc1c(-c2ccc3ccccc3c2)[nH]c2cccc[n+]12)c1ccccc1Cl. The average Bonchev–Trinajstić information content (AvgIpc) is 3.12. The summed E-state index contributed by atoms with van der Waals surface area (Å²) in [6, 6.07) is 27.3. The van der Waals surface area contributed by atoms with Crippen molar-refractivity contribution in [1.29, 1.82) is 0 Å². The van der Waals surface area contributed by atoms with Gasteiger partial charge >= 0.3 is 5.91 Å². The fourth-order valence-corrected chi connectivity index (χ4v) is 3.77. The molecule has 2 heterocycles. The second kappa shape index (κ2) is 7.08. The van der Waals surface area contributed by atoms with Crippen LogP contribution in [0.25, 0.3) is 27.7 Å². The molecule has 3 aromatic carbocycles. The number of pyridine rings is 1. The molecule has 2 aromatic heterocycles. The summed E-state index contributed by atoms with van der Waals surface area (Å²) in [6.45, 7) is 0. The second-order valence-electron chi connectivity index (χ2n) is 6.80. The number of benzene rings is 3. The quantitative estimate of drug-likeness (QED) is 0.388. The van der Waals surface area contributed by atoms with Crippen LogP contribution in [0, 0.1) is 0 Å². The fourth-order valence-electron chi connectivity index (χ4n) is 3.54. The van der Waals surface area contributed by atoms with E-state index in [0.717, 1.165) is 22.3 Å². The molecule has 0 aliphatic heterocycles. The third-order valence-electron chi connectivity index (χ3n) is 4.98. The van der Waals surface area contributed by atoms with Crippen LogP contribution in [0.2, 0.25) is 5.02 Å². The number of aromatic amines is 1. The van der Waals surface area contributed by atoms with Crippen molar-refractivity contribution < 1.29 is 9.20 Å². The summed E-state index contributed by atoms with van der Waals surface area (Å²) in [5.41, 5.74) is 3.14. The van der Waals surface area contributed by atoms with E-state index in [1.807, 2.05) is 40.9 Å². The number of aromatic nitrogens is 2. The van der Waals surface area contributed by atoms with E-state index in [0.29, 0.717) is 16.4 Å². The molecule has 0 aliphatic carbocycles. The highest BCUT2D eigenvalue weighted by molar-refractivity contribution is 6.34. The summed E-state index contributed by atoms with van der Waals surface area (Å²) < 4.78 is 1.93. The molecule has 0 fully saturated rings. The van der Waals surface area contributed by atoms with E-state index >= 15 is 0 Å². The van der Waals surface area contributed by atoms with Crippen molar-refractivity contribution in [3.63, 3.8) is 0 Å². The van der Waals surface area contributed by atoms with E-state index in [4.69, 9.17) is 11.6 Å². The topological polar surface area (TPSA) is 49.0 Å². The Hall–Kier alpha value is -3.63. The van der Waals surface area contributed by atoms with Crippen LogP contribution in [0.4, 0.5) is 5.82 Å². The number of halogens is 1. The smallest absolute Gasteiger partial charge is 0.267 e. The van der Waals surface area contributed by atoms with Gasteiger partial charge < -0.3 is 0 Å². The van der Waals surface area contributed by atoms with Gasteiger partial charge in [0.25, 0.3) is 5.82 Å². The molecule has 0 aliphatic rings. The van der Waals surface area contributed by atoms with Crippen molar-refractivity contribution in [1.82, 2.24) is 4.98 Å². The Morgan fingerprint density at radius 3 is 2.48 bits per heavy atom. The number of imidazole rings is 1. The molecule has 0 bridgehead atoms. The van der Waals surface area contributed by atoms with Gasteiger partial charge in [0.15, 0.2) is 5.69 Å². The number of fused-ring (bicyclic) bond motifs is 2. The van der Waals surface area contributed by atoms with Crippen molar-refractivity contribution in [2.24, 2.45) is 0 Å². The maximum Gasteiger partial charge on any atom is 0.313 e. The number of nitrogens with zero attached hydrogens (tertiary/aromatic N) is 1. The minimum absolute atomic E-state index is 0.255. The molecule has 5 heteroatoms. The Balaban J connectivity index is 1.66. The zero-order chi connectivity index (χ0) is 19.8. The number of carbonyl (C=O) groups is 1. The summed E-state index contributed by atoms with van der Waals surface area (Å²) >= 11 is 6.22. The van der Waals surface area contributed by atoms with Crippen LogP contribution < -0.4 is 9.72 Å². The summed E-state index contributed by atoms with van der Waals surface area (Å²) in [6.07, 6.45) is 1.92. The van der Waals surface area contributed by atoms with Crippen LogP contribution in [-0.2, 0) is 0 Å². The van der Waals surface area contributed by atoms with Crippen molar-refractivity contribution >= 4 is 39.7 Å². The summed E-state index contributed by atoms with van der Waals surface area (Å²) in [5.74, 6) is 0.413. The monoisotopic (exact) mass is 398 g/mol. The second-order valence-corrected chi connectivity index (χ2v) is 7.21. The Morgan fingerprint density at radius 1 is 0.862 bits per heavy atom. The predicted molar refractivity (Wildman–Crippen MR) is 116 cm³/mol. The molecule has 29 heavy (non-hydrogen) atoms. The molecule has 0 spiro atoms. The highest BCUT2D eigenvalue weighted by Crippen LogP contribution is 2.29. The molecule has 0 saturated carbocycles. The molecular weight excluding hydrogens is 382 g/mol. The molecule has 0 atom stereocenters. The van der Waals surface area contributed by atoms with Crippen LogP contribution >= 0.6 is 11.6 Å². The van der Waals surface area contributed by atoms with E-state index in [1.54, 1.807) is 24.3 Å². The van der Waals surface area contributed by atoms with Gasteiger partial charge in [-0.1, -0.05) is 66.2 Å². The molecule has 0 radical (unpaired) electrons. The van der Waals surface area contributed by atoms with Crippen LogP contribution in [-0.4, -0.2) is 10.9 Å². The van der Waals surface area contributed by atoms with E-state index in [-0.39, 0.29) is 5.91 Å². The molecule has 5 aromatic rings. The first-order chi connectivity index (χ1) is 14.2. The van der Waals surface area contributed by atoms with Crippen molar-refractivity contribution in [3.05, 3.63) is 102 Å². The van der Waals surface area contributed by atoms with Gasteiger partial charge in [0.05, 0.1) is 16.8 Å². The number of hydrogen-bond donors (Lipinski definition) is 2. The van der Waals surface area contributed by atoms with Crippen LogP contribution in [0.15, 0.2) is 91.1 Å². The molecule has 0 unspecified atom stereocenters. The molecule has 0 saturated heterocycles. The van der Waals surface area contributed by atoms with Gasteiger partial charge in [-0.05, 0) is 35.0 Å². The molecule has 2 N–H and O–H groups in total. The minimum atomic E-state index is -0.255. The van der Waals surface area contributed by atoms with Gasteiger partial charge in [-0.15, -0.1) is 0 Å². The number of amides is 1. The number of H-pyrrole nitrogens is 1. The van der Waals surface area contributed by atoms with E-state index in [2.05, 4.69) is 40.6 Å². The van der Waals surface area contributed by atoms with Crippen LogP contribution in [0.3, 0.4) is 0 Å². The van der Waals surface area contributed by atoms with Gasteiger partial charge in [0.2, 0.25) is 5.65 Å². The van der Waals surface area contributed by atoms with E-state index in [9.17, 15) is 4.79 Å². The highest BCUT2D eigenvalue weighted by Gasteiger charge is 2.24. The van der Waals surface area contributed by atoms with Crippen molar-refractivity contribution in [2.75, 3.05) is 5.32 Å². The lowest BCUT2D eigenvalue weighted by Crippen LogP contribution is -2.26. The van der Waals surface area contributed by atoms with Gasteiger partial charge in [0, 0.05) is 11.6 Å². The molecule has 4 nitrogen and oxygen atoms in total.